The van der Waals surface area contributed by atoms with E-state index in [-0.39, 0.29) is 5.92 Å². The number of nitrogens with one attached hydrogen (secondary N) is 2. The molecule has 0 radical (unpaired) electrons. The molecule has 8 heteroatoms. The number of allylic oxidation sites excluding steroid dienone is 3. The minimum absolute atomic E-state index is 0.156. The Balaban J connectivity index is 0. The zero-order valence-corrected chi connectivity index (χ0v) is 39.1. The van der Waals surface area contributed by atoms with Crippen molar-refractivity contribution in [3.05, 3.63) is 128 Å². The third kappa shape index (κ3) is 19.3. The van der Waals surface area contributed by atoms with Gasteiger partial charge in [-0.3, -0.25) is 4.79 Å². The van der Waals surface area contributed by atoms with E-state index in [2.05, 4.69) is 90.0 Å². The third-order valence-electron chi connectivity index (χ3n) is 9.33. The van der Waals surface area contributed by atoms with Crippen molar-refractivity contribution in [1.82, 2.24) is 5.32 Å². The van der Waals surface area contributed by atoms with Crippen LogP contribution in [0.25, 0.3) is 0 Å². The Morgan fingerprint density at radius 3 is 1.88 bits per heavy atom. The smallest absolute Gasteiger partial charge is 0.211 e. The van der Waals surface area contributed by atoms with Crippen molar-refractivity contribution < 1.29 is 14.3 Å². The highest BCUT2D eigenvalue weighted by Gasteiger charge is 2.33. The first kappa shape index (κ1) is 54.9. The van der Waals surface area contributed by atoms with E-state index in [9.17, 15) is 4.79 Å². The Labute approximate surface area is 357 Å². The second-order valence-corrected chi connectivity index (χ2v) is 14.4. The van der Waals surface area contributed by atoms with Crippen LogP contribution in [0.2, 0.25) is 15.1 Å². The van der Waals surface area contributed by atoms with Gasteiger partial charge in [-0.2, -0.15) is 0 Å². The molecule has 5 nitrogen and oxygen atoms in total. The summed E-state index contributed by atoms with van der Waals surface area (Å²) in [5, 5.41) is 7.97. The van der Waals surface area contributed by atoms with Crippen LogP contribution in [-0.4, -0.2) is 32.8 Å². The number of hydrogen-bond donors (Lipinski definition) is 2. The quantitative estimate of drug-likeness (QED) is 0.105. The number of likely N-dealkylation sites (N-methyl/N-ethyl adjacent to an activating group) is 1. The van der Waals surface area contributed by atoms with Crippen LogP contribution in [0.1, 0.15) is 142 Å². The molecule has 0 aliphatic heterocycles. The number of carbonyl (C=O) groups excluding carboxylic acids is 1. The van der Waals surface area contributed by atoms with Crippen LogP contribution in [0, 0.1) is 6.92 Å². The molecule has 0 saturated carbocycles. The van der Waals surface area contributed by atoms with Gasteiger partial charge in [-0.1, -0.05) is 126 Å². The zero-order chi connectivity index (χ0) is 43.3. The fourth-order valence-electron chi connectivity index (χ4n) is 5.85. The fourth-order valence-corrected chi connectivity index (χ4v) is 6.38. The van der Waals surface area contributed by atoms with Gasteiger partial charge in [0.05, 0.1) is 0 Å². The van der Waals surface area contributed by atoms with Gasteiger partial charge in [-0.25, -0.2) is 0 Å². The number of hydrogen-bond acceptors (Lipinski definition) is 4. The molecule has 3 aromatic rings. The van der Waals surface area contributed by atoms with E-state index in [0.29, 0.717) is 22.4 Å². The highest BCUT2D eigenvalue weighted by molar-refractivity contribution is 6.31. The number of amides is 1. The fraction of sp³-hybridized carbons (Fsp3) is 0.479. The molecule has 0 spiro atoms. The number of methoxy groups -OCH3 is 1. The predicted octanol–water partition coefficient (Wildman–Crippen LogP) is 15.5. The van der Waals surface area contributed by atoms with Crippen molar-refractivity contribution in [1.29, 1.82) is 0 Å². The first-order valence-corrected chi connectivity index (χ1v) is 21.2. The van der Waals surface area contributed by atoms with Crippen LogP contribution in [0.5, 0.6) is 5.75 Å². The second-order valence-electron chi connectivity index (χ2n) is 13.1. The van der Waals surface area contributed by atoms with Gasteiger partial charge in [0.25, 0.3) is 0 Å². The van der Waals surface area contributed by atoms with Gasteiger partial charge >= 0.3 is 0 Å². The van der Waals surface area contributed by atoms with Gasteiger partial charge in [0.1, 0.15) is 11.4 Å². The highest BCUT2D eigenvalue weighted by Crippen LogP contribution is 2.39. The van der Waals surface area contributed by atoms with E-state index in [1.165, 1.54) is 23.1 Å². The standard InChI is InChI=1S/C21H32ClNO.C17H17Cl2NO.C5H10.C3H8O.C2H6/c1-8-15(4)13-16(5)19-14-18(22)11-12-20(19)24-21(9-2,10-3)17(6)23-7;1-3-14(16-8-12(18)5-4-11(16)2)15-7-6-13(19)9-17(15)20-10-21;1-3-5-4-2;1-3-4-2;1-2/h8,11-12,14,16,23H,6,9-10,13H2,1-5,7H3;4-10,14H,3H2,1-2H3,(H,20,21);3H,1,4-5H2,2H3;3H2,1-2H3;1-2H3/b15-8+;;;;. The normalized spacial score (nSPS) is 11.6. The van der Waals surface area contributed by atoms with E-state index < -0.39 is 5.60 Å². The van der Waals surface area contributed by atoms with Crippen molar-refractivity contribution in [2.75, 3.05) is 26.1 Å². The van der Waals surface area contributed by atoms with Crippen molar-refractivity contribution in [2.45, 2.75) is 132 Å². The molecule has 56 heavy (non-hydrogen) atoms. The van der Waals surface area contributed by atoms with Gasteiger partial charge in [-0.05, 0) is 130 Å². The van der Waals surface area contributed by atoms with E-state index >= 15 is 0 Å². The number of ether oxygens (including phenoxy) is 2. The molecule has 3 aromatic carbocycles. The maximum atomic E-state index is 10.8. The predicted molar refractivity (Wildman–Crippen MR) is 250 cm³/mol. The van der Waals surface area contributed by atoms with Crippen LogP contribution in [-0.2, 0) is 9.53 Å². The third-order valence-corrected chi connectivity index (χ3v) is 10.0. The van der Waals surface area contributed by atoms with Gasteiger partial charge in [-0.15, -0.1) is 6.58 Å². The molecular weight excluding hydrogens is 759 g/mol. The van der Waals surface area contributed by atoms with E-state index in [4.69, 9.17) is 39.5 Å². The van der Waals surface area contributed by atoms with Crippen LogP contribution >= 0.6 is 34.8 Å². The number of aryl methyl sites for hydroxylation is 1. The molecule has 2 N–H and O–H groups in total. The topological polar surface area (TPSA) is 59.6 Å². The maximum Gasteiger partial charge on any atom is 0.211 e. The SMILES string of the molecule is C=C(NC)C(CC)(CC)Oc1ccc(Cl)cc1C(C)C/C(C)=C/C.C=CCCC.CC.CCC(c1cc(Cl)ccc1C)c1ccc(Cl)cc1NC=O.CCOC. The molecule has 0 aromatic heterocycles. The van der Waals surface area contributed by atoms with Crippen molar-refractivity contribution in [2.24, 2.45) is 0 Å². The summed E-state index contributed by atoms with van der Waals surface area (Å²) in [6, 6.07) is 17.4. The summed E-state index contributed by atoms with van der Waals surface area (Å²) in [7, 11) is 3.58. The number of unbranched alkanes of at least 4 members (excludes halogenated alkanes) is 1. The number of halogens is 3. The molecule has 2 unspecified atom stereocenters. The van der Waals surface area contributed by atoms with E-state index in [0.717, 1.165) is 72.0 Å². The molecule has 0 saturated heterocycles. The lowest BCUT2D eigenvalue weighted by atomic mass is 9.85. The highest BCUT2D eigenvalue weighted by atomic mass is 35.5. The van der Waals surface area contributed by atoms with E-state index in [1.807, 2.05) is 82.4 Å². The molecule has 314 valence electrons. The summed E-state index contributed by atoms with van der Waals surface area (Å²) in [6.45, 7) is 31.5. The molecule has 2 atom stereocenters. The van der Waals surface area contributed by atoms with Crippen molar-refractivity contribution in [3.63, 3.8) is 0 Å². The lowest BCUT2D eigenvalue weighted by Crippen LogP contribution is -2.41. The lowest BCUT2D eigenvalue weighted by Gasteiger charge is -2.35. The summed E-state index contributed by atoms with van der Waals surface area (Å²) in [5.74, 6) is 1.39. The molecule has 0 aliphatic rings. The molecule has 0 bridgehead atoms. The minimum Gasteiger partial charge on any atom is -0.481 e. The number of carbonyl (C=O) groups is 1. The Bertz CT molecular complexity index is 1580. The molecule has 3 rings (SSSR count). The van der Waals surface area contributed by atoms with Crippen molar-refractivity contribution >= 4 is 46.9 Å². The van der Waals surface area contributed by atoms with Gasteiger partial charge in [0.15, 0.2) is 0 Å². The maximum absolute atomic E-state index is 10.8. The molecule has 0 heterocycles. The number of rotatable bonds is 17. The number of anilines is 1. The average Bonchev–Trinajstić information content (AvgIpc) is 3.21. The molecule has 1 amide bonds. The molecular formula is C48H73Cl3N2O3. The largest absolute Gasteiger partial charge is 0.481 e. The van der Waals surface area contributed by atoms with Crippen LogP contribution in [0.4, 0.5) is 5.69 Å². The Morgan fingerprint density at radius 2 is 1.43 bits per heavy atom. The Kier molecular flexibility index (Phi) is 31.2. The first-order valence-electron chi connectivity index (χ1n) is 20.1. The van der Waals surface area contributed by atoms with Crippen LogP contribution < -0.4 is 15.4 Å². The van der Waals surface area contributed by atoms with Gasteiger partial charge in [0, 0.05) is 53.1 Å². The van der Waals surface area contributed by atoms with Crippen LogP contribution in [0.15, 0.2) is 91.2 Å². The summed E-state index contributed by atoms with van der Waals surface area (Å²) < 4.78 is 11.1. The molecule has 0 aliphatic carbocycles. The average molecular weight is 832 g/mol. The summed E-state index contributed by atoms with van der Waals surface area (Å²) in [6.07, 6.45) is 10.7. The second kappa shape index (κ2) is 31.8. The summed E-state index contributed by atoms with van der Waals surface area (Å²) in [4.78, 5) is 10.8. The van der Waals surface area contributed by atoms with Crippen LogP contribution in [0.3, 0.4) is 0 Å². The lowest BCUT2D eigenvalue weighted by molar-refractivity contribution is -0.105. The number of benzene rings is 3. The van der Waals surface area contributed by atoms with E-state index in [1.54, 1.807) is 13.2 Å². The Morgan fingerprint density at radius 1 is 0.893 bits per heavy atom. The Hall–Kier alpha value is -3.22. The summed E-state index contributed by atoms with van der Waals surface area (Å²) >= 11 is 18.4. The summed E-state index contributed by atoms with van der Waals surface area (Å²) in [5.41, 5.74) is 7.14. The first-order chi connectivity index (χ1) is 26.7. The molecule has 0 fully saturated rings. The zero-order valence-electron chi connectivity index (χ0n) is 36.8. The van der Waals surface area contributed by atoms with Gasteiger partial charge < -0.3 is 20.1 Å². The monoisotopic (exact) mass is 830 g/mol. The van der Waals surface area contributed by atoms with Gasteiger partial charge in [0.2, 0.25) is 6.41 Å². The van der Waals surface area contributed by atoms with Crippen molar-refractivity contribution in [3.8, 4) is 5.75 Å². The minimum atomic E-state index is -0.410.